The quantitative estimate of drug-likeness (QED) is 0.637. The number of benzene rings is 1. The number of alkyl halides is 3. The fraction of sp³-hybridized carbons (Fsp3) is 0.200. The van der Waals surface area contributed by atoms with Gasteiger partial charge in [0.15, 0.2) is 6.61 Å². The molecule has 0 aliphatic heterocycles. The molecule has 0 atom stereocenters. The van der Waals surface area contributed by atoms with E-state index >= 15 is 0 Å². The van der Waals surface area contributed by atoms with Crippen molar-refractivity contribution in [1.29, 1.82) is 0 Å². The van der Waals surface area contributed by atoms with Crippen LogP contribution in [0.1, 0.15) is 15.9 Å². The van der Waals surface area contributed by atoms with Crippen molar-refractivity contribution < 1.29 is 32.0 Å². The fourth-order valence-corrected chi connectivity index (χ4v) is 1.10. The minimum Gasteiger partial charge on any atom is -0.368 e. The number of primary amides is 1. The molecule has 0 unspecified atom stereocenters. The third kappa shape index (κ3) is 4.21. The number of nitrogens with two attached hydrogens (primary N) is 1. The molecule has 2 amide bonds. The standard InChI is InChI=1S/C10H8F4N2O3/c11-7-2-1-5(10(12,13)14)3-6(7)9(18)16-19-4-8(15)17/h1-3H,4H2,(H2,15,17)(H,16,18). The van der Waals surface area contributed by atoms with Crippen LogP contribution in [-0.2, 0) is 15.8 Å². The molecule has 0 spiro atoms. The summed E-state index contributed by atoms with van der Waals surface area (Å²) in [5.74, 6) is -3.33. The van der Waals surface area contributed by atoms with Crippen molar-refractivity contribution in [3.8, 4) is 0 Å². The van der Waals surface area contributed by atoms with Crippen molar-refractivity contribution in [2.75, 3.05) is 6.61 Å². The second-order valence-electron chi connectivity index (χ2n) is 3.38. The van der Waals surface area contributed by atoms with Gasteiger partial charge in [0.1, 0.15) is 5.82 Å². The maximum Gasteiger partial charge on any atom is 0.416 e. The summed E-state index contributed by atoms with van der Waals surface area (Å²) < 4.78 is 50.3. The van der Waals surface area contributed by atoms with Crippen LogP contribution in [-0.4, -0.2) is 18.4 Å². The summed E-state index contributed by atoms with van der Waals surface area (Å²) in [6, 6.07) is 1.33. The molecule has 5 nitrogen and oxygen atoms in total. The second-order valence-corrected chi connectivity index (χ2v) is 3.38. The minimum atomic E-state index is -4.71. The van der Waals surface area contributed by atoms with Crippen molar-refractivity contribution in [3.63, 3.8) is 0 Å². The molecule has 104 valence electrons. The van der Waals surface area contributed by atoms with Crippen LogP contribution in [0.25, 0.3) is 0 Å². The zero-order valence-corrected chi connectivity index (χ0v) is 9.25. The average Bonchev–Trinajstić information content (AvgIpc) is 2.27. The van der Waals surface area contributed by atoms with Crippen LogP contribution in [0, 0.1) is 5.82 Å². The zero-order valence-electron chi connectivity index (χ0n) is 9.25. The first-order chi connectivity index (χ1) is 8.71. The van der Waals surface area contributed by atoms with Crippen LogP contribution in [0.15, 0.2) is 18.2 Å². The molecule has 19 heavy (non-hydrogen) atoms. The van der Waals surface area contributed by atoms with E-state index in [0.29, 0.717) is 18.2 Å². The molecule has 0 saturated carbocycles. The molecule has 0 aliphatic rings. The summed E-state index contributed by atoms with van der Waals surface area (Å²) in [4.78, 5) is 25.9. The van der Waals surface area contributed by atoms with Gasteiger partial charge in [0.2, 0.25) is 5.91 Å². The monoisotopic (exact) mass is 280 g/mol. The first kappa shape index (κ1) is 14.9. The highest BCUT2D eigenvalue weighted by Gasteiger charge is 2.31. The van der Waals surface area contributed by atoms with E-state index in [-0.39, 0.29) is 0 Å². The zero-order chi connectivity index (χ0) is 14.6. The van der Waals surface area contributed by atoms with E-state index < -0.39 is 41.5 Å². The highest BCUT2D eigenvalue weighted by atomic mass is 19.4. The molecule has 0 heterocycles. The maximum absolute atomic E-state index is 13.2. The largest absolute Gasteiger partial charge is 0.416 e. The Morgan fingerprint density at radius 1 is 1.32 bits per heavy atom. The molecule has 0 fully saturated rings. The lowest BCUT2D eigenvalue weighted by atomic mass is 10.1. The first-order valence-corrected chi connectivity index (χ1v) is 4.79. The van der Waals surface area contributed by atoms with Gasteiger partial charge in [-0.2, -0.15) is 13.2 Å². The van der Waals surface area contributed by atoms with E-state index in [9.17, 15) is 27.2 Å². The van der Waals surface area contributed by atoms with Crippen LogP contribution < -0.4 is 11.2 Å². The van der Waals surface area contributed by atoms with E-state index in [2.05, 4.69) is 4.84 Å². The van der Waals surface area contributed by atoms with Gasteiger partial charge in [0, 0.05) is 0 Å². The van der Waals surface area contributed by atoms with Gasteiger partial charge in [-0.25, -0.2) is 9.87 Å². The van der Waals surface area contributed by atoms with Crippen molar-refractivity contribution in [3.05, 3.63) is 35.1 Å². The highest BCUT2D eigenvalue weighted by Crippen LogP contribution is 2.30. The summed E-state index contributed by atoms with van der Waals surface area (Å²) in [6.07, 6.45) is -4.71. The fourth-order valence-electron chi connectivity index (χ4n) is 1.10. The van der Waals surface area contributed by atoms with Crippen molar-refractivity contribution >= 4 is 11.8 Å². The Kier molecular flexibility index (Phi) is 4.43. The number of carbonyl (C=O) groups is 2. The molecular formula is C10H8F4N2O3. The number of nitrogens with one attached hydrogen (secondary N) is 1. The lowest BCUT2D eigenvalue weighted by molar-refractivity contribution is -0.137. The maximum atomic E-state index is 13.2. The average molecular weight is 280 g/mol. The molecule has 0 bridgehead atoms. The Hall–Kier alpha value is -2.16. The number of rotatable bonds is 4. The predicted octanol–water partition coefficient (Wildman–Crippen LogP) is 0.991. The molecule has 3 N–H and O–H groups in total. The smallest absolute Gasteiger partial charge is 0.368 e. The molecule has 9 heteroatoms. The molecule has 0 radical (unpaired) electrons. The van der Waals surface area contributed by atoms with Gasteiger partial charge in [0.25, 0.3) is 5.91 Å². The number of hydrogen-bond acceptors (Lipinski definition) is 3. The minimum absolute atomic E-state index is 0.332. The number of carbonyl (C=O) groups excluding carboxylic acids is 2. The lowest BCUT2D eigenvalue weighted by Crippen LogP contribution is -2.30. The van der Waals surface area contributed by atoms with Crippen LogP contribution in [0.4, 0.5) is 17.6 Å². The number of hydrogen-bond donors (Lipinski definition) is 2. The van der Waals surface area contributed by atoms with Crippen LogP contribution >= 0.6 is 0 Å². The van der Waals surface area contributed by atoms with Gasteiger partial charge in [-0.1, -0.05) is 0 Å². The Labute approximate surface area is 104 Å². The van der Waals surface area contributed by atoms with Gasteiger partial charge in [-0.3, -0.25) is 14.4 Å². The number of amides is 2. The second kappa shape index (κ2) is 5.65. The molecular weight excluding hydrogens is 272 g/mol. The summed E-state index contributed by atoms with van der Waals surface area (Å²) in [7, 11) is 0. The van der Waals surface area contributed by atoms with E-state index in [0.717, 1.165) is 0 Å². The third-order valence-corrected chi connectivity index (χ3v) is 1.92. The van der Waals surface area contributed by atoms with Crippen molar-refractivity contribution in [2.24, 2.45) is 5.73 Å². The van der Waals surface area contributed by atoms with Gasteiger partial charge < -0.3 is 5.73 Å². The summed E-state index contributed by atoms with van der Waals surface area (Å²) in [5, 5.41) is 0. The normalized spacial score (nSPS) is 11.2. The molecule has 0 aromatic heterocycles. The van der Waals surface area contributed by atoms with E-state index in [1.807, 2.05) is 0 Å². The summed E-state index contributed by atoms with van der Waals surface area (Å²) in [6.45, 7) is -0.688. The topological polar surface area (TPSA) is 81.4 Å². The number of halogens is 4. The summed E-state index contributed by atoms with van der Waals surface area (Å²) >= 11 is 0. The van der Waals surface area contributed by atoms with Crippen LogP contribution in [0.2, 0.25) is 0 Å². The van der Waals surface area contributed by atoms with Crippen LogP contribution in [0.5, 0.6) is 0 Å². The molecule has 1 aromatic rings. The van der Waals surface area contributed by atoms with E-state index in [4.69, 9.17) is 5.73 Å². The lowest BCUT2D eigenvalue weighted by Gasteiger charge is -2.09. The van der Waals surface area contributed by atoms with Gasteiger partial charge in [0.05, 0.1) is 11.1 Å². The Balaban J connectivity index is 2.87. The highest BCUT2D eigenvalue weighted by molar-refractivity contribution is 5.94. The third-order valence-electron chi connectivity index (χ3n) is 1.92. The summed E-state index contributed by atoms with van der Waals surface area (Å²) in [5.41, 5.74) is 4.25. The molecule has 0 aliphatic carbocycles. The van der Waals surface area contributed by atoms with Crippen LogP contribution in [0.3, 0.4) is 0 Å². The van der Waals surface area contributed by atoms with E-state index in [1.165, 1.54) is 0 Å². The van der Waals surface area contributed by atoms with Gasteiger partial charge >= 0.3 is 6.18 Å². The Bertz CT molecular complexity index is 502. The molecule has 1 rings (SSSR count). The SMILES string of the molecule is NC(=O)CONC(=O)c1cc(C(F)(F)F)ccc1F. The van der Waals surface area contributed by atoms with Gasteiger partial charge in [-0.05, 0) is 18.2 Å². The van der Waals surface area contributed by atoms with E-state index in [1.54, 1.807) is 5.48 Å². The Morgan fingerprint density at radius 3 is 2.47 bits per heavy atom. The Morgan fingerprint density at radius 2 is 1.95 bits per heavy atom. The number of hydroxylamine groups is 1. The van der Waals surface area contributed by atoms with Gasteiger partial charge in [-0.15, -0.1) is 0 Å². The van der Waals surface area contributed by atoms with Crippen molar-refractivity contribution in [2.45, 2.75) is 6.18 Å². The van der Waals surface area contributed by atoms with Crippen molar-refractivity contribution in [1.82, 2.24) is 5.48 Å². The molecule has 1 aromatic carbocycles. The first-order valence-electron chi connectivity index (χ1n) is 4.79. The molecule has 0 saturated heterocycles. The predicted molar refractivity (Wildman–Crippen MR) is 54.0 cm³/mol.